The van der Waals surface area contributed by atoms with Gasteiger partial charge in [-0.1, -0.05) is 30.3 Å². The fourth-order valence-electron chi connectivity index (χ4n) is 2.07. The molecule has 1 aromatic carbocycles. The maximum atomic E-state index is 12.0. The molecule has 5 heteroatoms. The highest BCUT2D eigenvalue weighted by Crippen LogP contribution is 2.24. The van der Waals surface area contributed by atoms with Crippen molar-refractivity contribution in [3.63, 3.8) is 0 Å². The van der Waals surface area contributed by atoms with Crippen molar-refractivity contribution in [1.82, 2.24) is 9.97 Å². The highest BCUT2D eigenvalue weighted by atomic mass is 32.1. The van der Waals surface area contributed by atoms with Gasteiger partial charge in [0, 0.05) is 29.8 Å². The van der Waals surface area contributed by atoms with E-state index in [1.54, 1.807) is 12.4 Å². The van der Waals surface area contributed by atoms with E-state index in [2.05, 4.69) is 15.3 Å². The van der Waals surface area contributed by atoms with Crippen molar-refractivity contribution >= 4 is 22.4 Å². The summed E-state index contributed by atoms with van der Waals surface area (Å²) in [6.07, 6.45) is 4.64. The zero-order valence-corrected chi connectivity index (χ0v) is 12.7. The van der Waals surface area contributed by atoms with Gasteiger partial charge in [0.25, 0.3) is 0 Å². The minimum atomic E-state index is -0.0144. The number of aryl methyl sites for hydroxylation is 1. The van der Waals surface area contributed by atoms with Gasteiger partial charge in [0.2, 0.25) is 5.91 Å². The molecule has 0 radical (unpaired) electrons. The average Bonchev–Trinajstić information content (AvgIpc) is 3.03. The smallest absolute Gasteiger partial charge is 0.226 e. The number of pyridine rings is 1. The van der Waals surface area contributed by atoms with E-state index >= 15 is 0 Å². The van der Waals surface area contributed by atoms with Crippen LogP contribution in [0.25, 0.3) is 11.3 Å². The third kappa shape index (κ3) is 3.77. The minimum absolute atomic E-state index is 0.0144. The van der Waals surface area contributed by atoms with E-state index in [4.69, 9.17) is 0 Å². The lowest BCUT2D eigenvalue weighted by atomic mass is 10.1. The lowest BCUT2D eigenvalue weighted by molar-refractivity contribution is -0.116. The van der Waals surface area contributed by atoms with E-state index in [1.165, 1.54) is 11.3 Å². The number of thiazole rings is 1. The fraction of sp³-hybridized carbons (Fsp3) is 0.118. The summed E-state index contributed by atoms with van der Waals surface area (Å²) in [6, 6.07) is 13.8. The van der Waals surface area contributed by atoms with E-state index in [9.17, 15) is 4.79 Å². The van der Waals surface area contributed by atoms with Crippen molar-refractivity contribution in [3.8, 4) is 11.3 Å². The number of anilines is 1. The maximum Gasteiger partial charge on any atom is 0.226 e. The Morgan fingerprint density at radius 2 is 1.86 bits per heavy atom. The van der Waals surface area contributed by atoms with E-state index in [1.807, 2.05) is 47.8 Å². The Morgan fingerprint density at radius 1 is 1.09 bits per heavy atom. The number of amides is 1. The number of benzene rings is 1. The van der Waals surface area contributed by atoms with Crippen molar-refractivity contribution in [2.45, 2.75) is 12.8 Å². The third-order valence-electron chi connectivity index (χ3n) is 3.21. The average molecular weight is 309 g/mol. The van der Waals surface area contributed by atoms with Crippen LogP contribution < -0.4 is 5.32 Å². The third-order valence-corrected chi connectivity index (χ3v) is 3.97. The Balaban J connectivity index is 1.57. The summed E-state index contributed by atoms with van der Waals surface area (Å²) in [5.41, 5.74) is 3.01. The van der Waals surface area contributed by atoms with Gasteiger partial charge in [-0.05, 0) is 24.1 Å². The van der Waals surface area contributed by atoms with Crippen LogP contribution in [0.4, 0.5) is 5.13 Å². The molecular weight excluding hydrogens is 294 g/mol. The van der Waals surface area contributed by atoms with Gasteiger partial charge in [0.15, 0.2) is 5.13 Å². The topological polar surface area (TPSA) is 54.9 Å². The molecule has 0 spiro atoms. The molecule has 3 aromatic rings. The molecule has 0 saturated carbocycles. The number of carbonyl (C=O) groups is 1. The molecule has 0 aliphatic carbocycles. The maximum absolute atomic E-state index is 12.0. The minimum Gasteiger partial charge on any atom is -0.302 e. The number of carbonyl (C=O) groups excluding carboxylic acids is 1. The van der Waals surface area contributed by atoms with Crippen molar-refractivity contribution < 1.29 is 4.79 Å². The molecule has 1 N–H and O–H groups in total. The predicted octanol–water partition coefficient (Wildman–Crippen LogP) is 3.78. The van der Waals surface area contributed by atoms with Crippen LogP contribution in [0.5, 0.6) is 0 Å². The molecule has 0 aliphatic heterocycles. The standard InChI is InChI=1S/C17H15N3OS/c21-16(7-6-13-4-2-1-3-5-13)20-17-19-15(12-22-17)14-8-10-18-11-9-14/h1-5,8-12H,6-7H2,(H,19,20,21). The van der Waals surface area contributed by atoms with Crippen molar-refractivity contribution in [2.24, 2.45) is 0 Å². The molecule has 0 atom stereocenters. The van der Waals surface area contributed by atoms with E-state index < -0.39 is 0 Å². The SMILES string of the molecule is O=C(CCc1ccccc1)Nc1nc(-c2ccncc2)cs1. The Labute approximate surface area is 132 Å². The second-order valence-electron chi connectivity index (χ2n) is 4.81. The van der Waals surface area contributed by atoms with Gasteiger partial charge in [-0.2, -0.15) is 0 Å². The van der Waals surface area contributed by atoms with E-state index in [0.717, 1.165) is 23.2 Å². The molecule has 2 heterocycles. The second-order valence-corrected chi connectivity index (χ2v) is 5.67. The Hall–Kier alpha value is -2.53. The summed E-state index contributed by atoms with van der Waals surface area (Å²) in [5.74, 6) is -0.0144. The first-order valence-electron chi connectivity index (χ1n) is 7.01. The summed E-state index contributed by atoms with van der Waals surface area (Å²) >= 11 is 1.43. The molecule has 4 nitrogen and oxygen atoms in total. The number of rotatable bonds is 5. The summed E-state index contributed by atoms with van der Waals surface area (Å²) in [5, 5.41) is 5.42. The van der Waals surface area contributed by atoms with E-state index in [0.29, 0.717) is 11.6 Å². The molecule has 0 aliphatic rings. The van der Waals surface area contributed by atoms with Crippen molar-refractivity contribution in [3.05, 3.63) is 65.8 Å². The summed E-state index contributed by atoms with van der Waals surface area (Å²) < 4.78 is 0. The zero-order chi connectivity index (χ0) is 15.2. The first-order chi connectivity index (χ1) is 10.8. The van der Waals surface area contributed by atoms with Gasteiger partial charge < -0.3 is 5.32 Å². The lowest BCUT2D eigenvalue weighted by Gasteiger charge is -2.02. The molecular formula is C17H15N3OS. The molecule has 110 valence electrons. The van der Waals surface area contributed by atoms with Crippen LogP contribution in [0.1, 0.15) is 12.0 Å². The number of nitrogens with zero attached hydrogens (tertiary/aromatic N) is 2. The first-order valence-corrected chi connectivity index (χ1v) is 7.89. The number of nitrogens with one attached hydrogen (secondary N) is 1. The summed E-state index contributed by atoms with van der Waals surface area (Å²) in [4.78, 5) is 20.4. The molecule has 0 unspecified atom stereocenters. The van der Waals surface area contributed by atoms with Gasteiger partial charge >= 0.3 is 0 Å². The van der Waals surface area contributed by atoms with Gasteiger partial charge in [0.1, 0.15) is 0 Å². The van der Waals surface area contributed by atoms with Gasteiger partial charge in [-0.3, -0.25) is 9.78 Å². The normalized spacial score (nSPS) is 10.4. The Bertz CT molecular complexity index is 741. The summed E-state index contributed by atoms with van der Waals surface area (Å²) in [7, 11) is 0. The van der Waals surface area contributed by atoms with E-state index in [-0.39, 0.29) is 5.91 Å². The Morgan fingerprint density at radius 3 is 2.64 bits per heavy atom. The molecule has 1 amide bonds. The molecule has 2 aromatic heterocycles. The molecule has 3 rings (SSSR count). The van der Waals surface area contributed by atoms with Crippen molar-refractivity contribution in [1.29, 1.82) is 0 Å². The molecule has 0 bridgehead atoms. The quantitative estimate of drug-likeness (QED) is 0.780. The van der Waals surface area contributed by atoms with Crippen molar-refractivity contribution in [2.75, 3.05) is 5.32 Å². The number of aromatic nitrogens is 2. The van der Waals surface area contributed by atoms with Crippen LogP contribution in [-0.4, -0.2) is 15.9 Å². The molecule has 22 heavy (non-hydrogen) atoms. The first kappa shape index (κ1) is 14.4. The largest absolute Gasteiger partial charge is 0.302 e. The monoisotopic (exact) mass is 309 g/mol. The molecule has 0 saturated heterocycles. The van der Waals surface area contributed by atoms with Crippen LogP contribution in [-0.2, 0) is 11.2 Å². The van der Waals surface area contributed by atoms with Gasteiger partial charge in [-0.25, -0.2) is 4.98 Å². The zero-order valence-electron chi connectivity index (χ0n) is 11.9. The highest BCUT2D eigenvalue weighted by Gasteiger charge is 2.08. The van der Waals surface area contributed by atoms with Gasteiger partial charge in [0.05, 0.1) is 5.69 Å². The van der Waals surface area contributed by atoms with Crippen LogP contribution in [0.15, 0.2) is 60.2 Å². The van der Waals surface area contributed by atoms with Crippen LogP contribution >= 0.6 is 11.3 Å². The van der Waals surface area contributed by atoms with Crippen LogP contribution in [0, 0.1) is 0 Å². The number of hydrogen-bond acceptors (Lipinski definition) is 4. The summed E-state index contributed by atoms with van der Waals surface area (Å²) in [6.45, 7) is 0. The number of hydrogen-bond donors (Lipinski definition) is 1. The van der Waals surface area contributed by atoms with Crippen LogP contribution in [0.3, 0.4) is 0 Å². The highest BCUT2D eigenvalue weighted by molar-refractivity contribution is 7.14. The predicted molar refractivity (Wildman–Crippen MR) is 88.7 cm³/mol. The Kier molecular flexibility index (Phi) is 4.56. The lowest BCUT2D eigenvalue weighted by Crippen LogP contribution is -2.12. The van der Waals surface area contributed by atoms with Gasteiger partial charge in [-0.15, -0.1) is 11.3 Å². The second kappa shape index (κ2) is 6.95. The fourth-order valence-corrected chi connectivity index (χ4v) is 2.81. The van der Waals surface area contributed by atoms with Crippen LogP contribution in [0.2, 0.25) is 0 Å². The molecule has 0 fully saturated rings.